The molecule has 0 saturated carbocycles. The molecule has 0 radical (unpaired) electrons. The van der Waals surface area contributed by atoms with E-state index in [1.165, 1.54) is 0 Å². The lowest BCUT2D eigenvalue weighted by molar-refractivity contribution is 0.373. The van der Waals surface area contributed by atoms with Crippen molar-refractivity contribution in [2.45, 2.75) is 6.04 Å². The fraction of sp³-hybridized carbons (Fsp3) is 0.111. The molecular formula is C9H9NO2. The Morgan fingerprint density at radius 1 is 1.42 bits per heavy atom. The van der Waals surface area contributed by atoms with Gasteiger partial charge < -0.3 is 5.11 Å². The van der Waals surface area contributed by atoms with Crippen molar-refractivity contribution in [2.24, 2.45) is 5.18 Å². The van der Waals surface area contributed by atoms with Crippen LogP contribution in [-0.2, 0) is 0 Å². The second-order valence-electron chi connectivity index (χ2n) is 2.41. The summed E-state index contributed by atoms with van der Waals surface area (Å²) in [5.41, 5.74) is 0.653. The second-order valence-corrected chi connectivity index (χ2v) is 2.41. The summed E-state index contributed by atoms with van der Waals surface area (Å²) in [5.74, 6) is -0.226. The standard InChI is InChI=1S/C9H9NO2/c1-7(11)9(10-12)8-5-3-2-4-6-8/h2-6,9,11H,1H2. The van der Waals surface area contributed by atoms with Gasteiger partial charge in [-0.25, -0.2) is 0 Å². The van der Waals surface area contributed by atoms with Gasteiger partial charge in [0.15, 0.2) is 6.04 Å². The highest BCUT2D eigenvalue weighted by molar-refractivity contribution is 5.24. The molecule has 1 aromatic rings. The number of rotatable bonds is 3. The van der Waals surface area contributed by atoms with Gasteiger partial charge in [-0.05, 0) is 5.56 Å². The summed E-state index contributed by atoms with van der Waals surface area (Å²) in [6, 6.07) is 7.96. The van der Waals surface area contributed by atoms with E-state index in [0.29, 0.717) is 5.56 Å². The van der Waals surface area contributed by atoms with E-state index in [9.17, 15) is 4.91 Å². The van der Waals surface area contributed by atoms with Crippen LogP contribution in [0.2, 0.25) is 0 Å². The minimum atomic E-state index is -0.841. The SMILES string of the molecule is C=C(O)C(N=O)c1ccccc1. The van der Waals surface area contributed by atoms with Gasteiger partial charge >= 0.3 is 0 Å². The van der Waals surface area contributed by atoms with Crippen molar-refractivity contribution in [3.8, 4) is 0 Å². The third-order valence-corrected chi connectivity index (χ3v) is 1.54. The second kappa shape index (κ2) is 3.67. The zero-order valence-corrected chi connectivity index (χ0v) is 6.47. The predicted octanol–water partition coefficient (Wildman–Crippen LogP) is 2.57. The van der Waals surface area contributed by atoms with Gasteiger partial charge in [-0.15, -0.1) is 4.91 Å². The number of aliphatic hydroxyl groups excluding tert-OH is 1. The van der Waals surface area contributed by atoms with E-state index in [-0.39, 0.29) is 5.76 Å². The quantitative estimate of drug-likeness (QED) is 0.550. The van der Waals surface area contributed by atoms with Gasteiger partial charge in [0, 0.05) is 0 Å². The van der Waals surface area contributed by atoms with Gasteiger partial charge in [-0.1, -0.05) is 42.1 Å². The molecule has 1 rings (SSSR count). The van der Waals surface area contributed by atoms with Gasteiger partial charge in [-0.3, -0.25) is 0 Å². The summed E-state index contributed by atoms with van der Waals surface area (Å²) in [6.45, 7) is 3.26. The first-order valence-electron chi connectivity index (χ1n) is 3.51. The minimum Gasteiger partial charge on any atom is -0.510 e. The monoisotopic (exact) mass is 163 g/mol. The Balaban J connectivity index is 2.95. The van der Waals surface area contributed by atoms with Gasteiger partial charge in [0.05, 0.1) is 0 Å². The Bertz CT molecular complexity index is 282. The van der Waals surface area contributed by atoms with E-state index < -0.39 is 6.04 Å². The Kier molecular flexibility index (Phi) is 2.58. The van der Waals surface area contributed by atoms with Crippen molar-refractivity contribution in [1.29, 1.82) is 0 Å². The first kappa shape index (κ1) is 8.46. The Morgan fingerprint density at radius 2 is 2.00 bits per heavy atom. The normalized spacial score (nSPS) is 12.0. The molecule has 0 spiro atoms. The van der Waals surface area contributed by atoms with Crippen LogP contribution in [0.3, 0.4) is 0 Å². The van der Waals surface area contributed by atoms with Crippen molar-refractivity contribution < 1.29 is 5.11 Å². The lowest BCUT2D eigenvalue weighted by Crippen LogP contribution is -1.96. The van der Waals surface area contributed by atoms with Crippen LogP contribution in [0, 0.1) is 4.91 Å². The molecule has 0 fully saturated rings. The van der Waals surface area contributed by atoms with Crippen LogP contribution in [0.5, 0.6) is 0 Å². The number of nitrogens with zero attached hydrogens (tertiary/aromatic N) is 1. The Morgan fingerprint density at radius 3 is 2.42 bits per heavy atom. The molecular weight excluding hydrogens is 154 g/mol. The molecule has 0 bridgehead atoms. The van der Waals surface area contributed by atoms with E-state index in [2.05, 4.69) is 11.8 Å². The highest BCUT2D eigenvalue weighted by Crippen LogP contribution is 2.21. The molecule has 0 amide bonds. The third-order valence-electron chi connectivity index (χ3n) is 1.54. The molecule has 12 heavy (non-hydrogen) atoms. The molecule has 3 nitrogen and oxygen atoms in total. The number of nitroso groups, excluding NO2 is 1. The van der Waals surface area contributed by atoms with Gasteiger partial charge in [0.1, 0.15) is 5.76 Å². The highest BCUT2D eigenvalue weighted by Gasteiger charge is 2.13. The lowest BCUT2D eigenvalue weighted by atomic mass is 10.1. The molecule has 1 atom stereocenters. The predicted molar refractivity (Wildman–Crippen MR) is 46.7 cm³/mol. The maximum Gasteiger partial charge on any atom is 0.173 e. The lowest BCUT2D eigenvalue weighted by Gasteiger charge is -2.05. The van der Waals surface area contributed by atoms with Gasteiger partial charge in [0.2, 0.25) is 0 Å². The minimum absolute atomic E-state index is 0.226. The zero-order valence-electron chi connectivity index (χ0n) is 6.47. The molecule has 1 N–H and O–H groups in total. The van der Waals surface area contributed by atoms with Crippen LogP contribution >= 0.6 is 0 Å². The first-order chi connectivity index (χ1) is 5.75. The highest BCUT2D eigenvalue weighted by atomic mass is 16.3. The fourth-order valence-corrected chi connectivity index (χ4v) is 0.949. The van der Waals surface area contributed by atoms with E-state index >= 15 is 0 Å². The number of hydrogen-bond donors (Lipinski definition) is 1. The average Bonchev–Trinajstić information content (AvgIpc) is 2.07. The smallest absolute Gasteiger partial charge is 0.173 e. The van der Waals surface area contributed by atoms with Gasteiger partial charge in [0.25, 0.3) is 0 Å². The number of hydrogen-bond acceptors (Lipinski definition) is 3. The first-order valence-corrected chi connectivity index (χ1v) is 3.51. The van der Waals surface area contributed by atoms with E-state index in [1.54, 1.807) is 24.3 Å². The molecule has 0 aliphatic carbocycles. The Hall–Kier alpha value is -1.64. The third kappa shape index (κ3) is 1.69. The summed E-state index contributed by atoms with van der Waals surface area (Å²) in [7, 11) is 0. The maximum atomic E-state index is 10.3. The van der Waals surface area contributed by atoms with E-state index in [1.807, 2.05) is 6.07 Å². The maximum absolute atomic E-state index is 10.3. The van der Waals surface area contributed by atoms with Crippen molar-refractivity contribution in [1.82, 2.24) is 0 Å². The van der Waals surface area contributed by atoms with Crippen LogP contribution in [0.4, 0.5) is 0 Å². The molecule has 0 saturated heterocycles. The molecule has 1 aromatic carbocycles. The molecule has 0 aromatic heterocycles. The van der Waals surface area contributed by atoms with Crippen LogP contribution in [-0.4, -0.2) is 5.11 Å². The van der Waals surface area contributed by atoms with Crippen LogP contribution < -0.4 is 0 Å². The van der Waals surface area contributed by atoms with Crippen LogP contribution in [0.15, 0.2) is 47.8 Å². The average molecular weight is 163 g/mol. The van der Waals surface area contributed by atoms with Crippen LogP contribution in [0.1, 0.15) is 11.6 Å². The summed E-state index contributed by atoms with van der Waals surface area (Å²) in [5, 5.41) is 11.7. The number of aliphatic hydroxyl groups is 1. The fourth-order valence-electron chi connectivity index (χ4n) is 0.949. The largest absolute Gasteiger partial charge is 0.510 e. The van der Waals surface area contributed by atoms with Crippen LogP contribution in [0.25, 0.3) is 0 Å². The Labute approximate surface area is 70.3 Å². The molecule has 1 unspecified atom stereocenters. The van der Waals surface area contributed by atoms with E-state index in [4.69, 9.17) is 5.11 Å². The molecule has 0 aliphatic rings. The van der Waals surface area contributed by atoms with E-state index in [0.717, 1.165) is 0 Å². The summed E-state index contributed by atoms with van der Waals surface area (Å²) < 4.78 is 0. The topological polar surface area (TPSA) is 49.7 Å². The van der Waals surface area contributed by atoms with Crippen molar-refractivity contribution in [2.75, 3.05) is 0 Å². The summed E-state index contributed by atoms with van der Waals surface area (Å²) in [6.07, 6.45) is 0. The number of benzene rings is 1. The summed E-state index contributed by atoms with van der Waals surface area (Å²) >= 11 is 0. The molecule has 0 aliphatic heterocycles. The van der Waals surface area contributed by atoms with Crippen molar-refractivity contribution >= 4 is 0 Å². The molecule has 3 heteroatoms. The molecule has 0 heterocycles. The molecule has 62 valence electrons. The summed E-state index contributed by atoms with van der Waals surface area (Å²) in [4.78, 5) is 10.3. The van der Waals surface area contributed by atoms with Gasteiger partial charge in [-0.2, -0.15) is 0 Å². The van der Waals surface area contributed by atoms with Crippen molar-refractivity contribution in [3.05, 3.63) is 53.1 Å². The van der Waals surface area contributed by atoms with Crippen molar-refractivity contribution in [3.63, 3.8) is 0 Å². The zero-order chi connectivity index (χ0) is 8.97.